The summed E-state index contributed by atoms with van der Waals surface area (Å²) in [6.45, 7) is 3.93. The molecule has 166 valence electrons. The van der Waals surface area contributed by atoms with Crippen LogP contribution < -0.4 is 0 Å². The summed E-state index contributed by atoms with van der Waals surface area (Å²) < 4.78 is 13.4. The minimum Gasteiger partial charge on any atom is -0.476 e. The molecule has 0 saturated carbocycles. The van der Waals surface area contributed by atoms with Gasteiger partial charge in [-0.1, -0.05) is 12.1 Å². The van der Waals surface area contributed by atoms with Gasteiger partial charge < -0.3 is 23.7 Å². The van der Waals surface area contributed by atoms with Crippen LogP contribution >= 0.6 is 11.8 Å². The molecule has 0 unspecified atom stereocenters. The highest BCUT2D eigenvalue weighted by Gasteiger charge is 2.32. The number of carboxylic acid groups (broad SMARTS) is 1. The lowest BCUT2D eigenvalue weighted by Crippen LogP contribution is -2.45. The molecule has 31 heavy (non-hydrogen) atoms. The fraction of sp³-hybridized carbons (Fsp3) is 0.500. The van der Waals surface area contributed by atoms with Crippen molar-refractivity contribution in [1.82, 2.24) is 19.4 Å². The fourth-order valence-corrected chi connectivity index (χ4v) is 4.27. The highest BCUT2D eigenvalue weighted by Crippen LogP contribution is 2.27. The number of hydrogen-bond donors (Lipinski definition) is 1. The molecule has 2 aromatic heterocycles. The predicted molar refractivity (Wildman–Crippen MR) is 120 cm³/mol. The molecule has 8 nitrogen and oxygen atoms in total. The molecule has 0 aliphatic carbocycles. The minimum atomic E-state index is -1.05. The van der Waals surface area contributed by atoms with E-state index in [1.807, 2.05) is 30.0 Å². The Labute approximate surface area is 185 Å². The number of fused-ring (bicyclic) bond motifs is 1. The van der Waals surface area contributed by atoms with Crippen LogP contribution in [0.25, 0.3) is 11.0 Å². The topological polar surface area (TPSA) is 93.6 Å². The predicted octanol–water partition coefficient (Wildman–Crippen LogP) is 3.48. The lowest BCUT2D eigenvalue weighted by molar-refractivity contribution is 0.0690. The average Bonchev–Trinajstić information content (AvgIpc) is 3.35. The van der Waals surface area contributed by atoms with E-state index in [-0.39, 0.29) is 11.6 Å². The van der Waals surface area contributed by atoms with Crippen molar-refractivity contribution < 1.29 is 19.1 Å². The Morgan fingerprint density at radius 2 is 2.13 bits per heavy atom. The van der Waals surface area contributed by atoms with Gasteiger partial charge in [0.2, 0.25) is 5.89 Å². The molecule has 0 amide bonds. The van der Waals surface area contributed by atoms with Crippen molar-refractivity contribution in [2.24, 2.45) is 0 Å². The number of likely N-dealkylation sites (tertiary alicyclic amines) is 1. The first-order chi connectivity index (χ1) is 15.2. The zero-order valence-corrected chi connectivity index (χ0v) is 18.5. The van der Waals surface area contributed by atoms with Gasteiger partial charge in [0.1, 0.15) is 18.8 Å². The number of aryl methyl sites for hydroxylation is 1. The number of oxazole rings is 1. The Balaban J connectivity index is 1.28. The number of ether oxygens (including phenoxy) is 1. The van der Waals surface area contributed by atoms with Crippen LogP contribution in [0.4, 0.5) is 0 Å². The number of rotatable bonds is 12. The van der Waals surface area contributed by atoms with Crippen LogP contribution in [-0.2, 0) is 17.9 Å². The van der Waals surface area contributed by atoms with Gasteiger partial charge in [-0.25, -0.2) is 14.8 Å². The van der Waals surface area contributed by atoms with Gasteiger partial charge in [-0.3, -0.25) is 0 Å². The summed E-state index contributed by atoms with van der Waals surface area (Å²) in [6.07, 6.45) is 6.26. The Morgan fingerprint density at radius 1 is 1.29 bits per heavy atom. The number of imidazole rings is 1. The summed E-state index contributed by atoms with van der Waals surface area (Å²) >= 11 is 1.84. The zero-order chi connectivity index (χ0) is 21.6. The molecule has 0 radical (unpaired) electrons. The summed E-state index contributed by atoms with van der Waals surface area (Å²) in [7, 11) is 0. The first kappa shape index (κ1) is 21.9. The number of thioether (sulfide) groups is 1. The average molecular weight is 445 g/mol. The fourth-order valence-electron chi connectivity index (χ4n) is 3.86. The van der Waals surface area contributed by atoms with E-state index in [4.69, 9.17) is 19.2 Å². The number of para-hydroxylation sites is 2. The molecule has 1 N–H and O–H groups in total. The van der Waals surface area contributed by atoms with E-state index in [1.54, 1.807) is 0 Å². The third-order valence-corrected chi connectivity index (χ3v) is 6.21. The van der Waals surface area contributed by atoms with E-state index in [0.29, 0.717) is 12.6 Å². The SMILES string of the molecule is CSCCCOCn1c(CCCN2CC(c3nc(C(=O)O)co3)C2)nc2ccccc21. The van der Waals surface area contributed by atoms with Crippen molar-refractivity contribution in [2.75, 3.05) is 38.2 Å². The molecule has 0 atom stereocenters. The van der Waals surface area contributed by atoms with Gasteiger partial charge in [0.15, 0.2) is 5.69 Å². The maximum atomic E-state index is 10.9. The van der Waals surface area contributed by atoms with Crippen molar-refractivity contribution in [3.8, 4) is 0 Å². The first-order valence-corrected chi connectivity index (χ1v) is 12.0. The highest BCUT2D eigenvalue weighted by molar-refractivity contribution is 7.98. The van der Waals surface area contributed by atoms with Crippen LogP contribution in [0.2, 0.25) is 0 Å². The molecule has 0 spiro atoms. The molecule has 1 aromatic carbocycles. The number of nitrogens with zero attached hydrogens (tertiary/aromatic N) is 4. The summed E-state index contributed by atoms with van der Waals surface area (Å²) in [4.78, 5) is 22.2. The van der Waals surface area contributed by atoms with Gasteiger partial charge in [0.25, 0.3) is 0 Å². The van der Waals surface area contributed by atoms with E-state index in [2.05, 4.69) is 26.8 Å². The lowest BCUT2D eigenvalue weighted by atomic mass is 10.00. The second kappa shape index (κ2) is 10.3. The largest absolute Gasteiger partial charge is 0.476 e. The van der Waals surface area contributed by atoms with Gasteiger partial charge >= 0.3 is 5.97 Å². The number of hydrogen-bond acceptors (Lipinski definition) is 7. The van der Waals surface area contributed by atoms with Gasteiger partial charge in [-0.15, -0.1) is 0 Å². The zero-order valence-electron chi connectivity index (χ0n) is 17.7. The third-order valence-electron chi connectivity index (χ3n) is 5.51. The summed E-state index contributed by atoms with van der Waals surface area (Å²) in [5.41, 5.74) is 2.10. The molecule has 1 aliphatic heterocycles. The van der Waals surface area contributed by atoms with E-state index in [0.717, 1.165) is 68.1 Å². The number of carboxylic acids is 1. The molecular formula is C22H28N4O4S. The van der Waals surface area contributed by atoms with Crippen molar-refractivity contribution in [2.45, 2.75) is 31.9 Å². The first-order valence-electron chi connectivity index (χ1n) is 10.6. The molecule has 1 aliphatic rings. The van der Waals surface area contributed by atoms with Crippen LogP contribution in [0, 0.1) is 0 Å². The van der Waals surface area contributed by atoms with Crippen LogP contribution in [-0.4, -0.2) is 68.8 Å². The Morgan fingerprint density at radius 3 is 2.90 bits per heavy atom. The van der Waals surface area contributed by atoms with Crippen LogP contribution in [0.1, 0.15) is 41.0 Å². The number of carbonyl (C=O) groups is 1. The Hall–Kier alpha value is -2.36. The molecule has 3 aromatic rings. The van der Waals surface area contributed by atoms with E-state index in [9.17, 15) is 4.79 Å². The number of benzene rings is 1. The number of aromatic carboxylic acids is 1. The van der Waals surface area contributed by atoms with Gasteiger partial charge in [0.05, 0.1) is 17.0 Å². The van der Waals surface area contributed by atoms with E-state index >= 15 is 0 Å². The molecular weight excluding hydrogens is 416 g/mol. The van der Waals surface area contributed by atoms with E-state index in [1.165, 1.54) is 6.26 Å². The molecule has 1 saturated heterocycles. The smallest absolute Gasteiger partial charge is 0.357 e. The quantitative estimate of drug-likeness (QED) is 0.425. The Bertz CT molecular complexity index is 1010. The summed E-state index contributed by atoms with van der Waals surface area (Å²) in [5, 5.41) is 8.96. The molecule has 9 heteroatoms. The second-order valence-electron chi connectivity index (χ2n) is 7.76. The van der Waals surface area contributed by atoms with Crippen LogP contribution in [0.15, 0.2) is 34.9 Å². The third kappa shape index (κ3) is 5.28. The van der Waals surface area contributed by atoms with Gasteiger partial charge in [-0.2, -0.15) is 11.8 Å². The second-order valence-corrected chi connectivity index (χ2v) is 8.75. The molecule has 4 rings (SSSR count). The maximum Gasteiger partial charge on any atom is 0.357 e. The van der Waals surface area contributed by atoms with Gasteiger partial charge in [0, 0.05) is 26.1 Å². The van der Waals surface area contributed by atoms with Crippen LogP contribution in [0.5, 0.6) is 0 Å². The molecule has 1 fully saturated rings. The lowest BCUT2D eigenvalue weighted by Gasteiger charge is -2.37. The summed E-state index contributed by atoms with van der Waals surface area (Å²) in [6, 6.07) is 8.20. The maximum absolute atomic E-state index is 10.9. The highest BCUT2D eigenvalue weighted by atomic mass is 32.2. The normalized spacial score (nSPS) is 14.9. The number of aromatic nitrogens is 3. The van der Waals surface area contributed by atoms with Crippen molar-refractivity contribution in [3.63, 3.8) is 0 Å². The van der Waals surface area contributed by atoms with Crippen LogP contribution in [0.3, 0.4) is 0 Å². The summed E-state index contributed by atoms with van der Waals surface area (Å²) in [5.74, 6) is 1.81. The van der Waals surface area contributed by atoms with Crippen molar-refractivity contribution >= 4 is 28.8 Å². The Kier molecular flexibility index (Phi) is 7.26. The molecule has 3 heterocycles. The standard InChI is InChI=1S/C22H28N4O4S/c1-31-11-5-10-29-15-26-19-7-3-2-6-17(19)23-20(26)8-4-9-25-12-16(13-25)21-24-18(14-30-21)22(27)28/h2-3,6-7,14,16H,4-5,8-13,15H2,1H3,(H,27,28). The van der Waals surface area contributed by atoms with Crippen molar-refractivity contribution in [1.29, 1.82) is 0 Å². The molecule has 0 bridgehead atoms. The van der Waals surface area contributed by atoms with E-state index < -0.39 is 5.97 Å². The van der Waals surface area contributed by atoms with Crippen molar-refractivity contribution in [3.05, 3.63) is 47.9 Å². The minimum absolute atomic E-state index is 0.0250. The van der Waals surface area contributed by atoms with Gasteiger partial charge in [-0.05, 0) is 43.5 Å². The monoisotopic (exact) mass is 444 g/mol.